The Bertz CT molecular complexity index is 455. The topological polar surface area (TPSA) is 63.0 Å². The smallest absolute Gasteiger partial charge is 0.310 e. The molecule has 0 aliphatic carbocycles. The van der Waals surface area contributed by atoms with Crippen LogP contribution >= 0.6 is 0 Å². The minimum atomic E-state index is -2.83. The van der Waals surface area contributed by atoms with E-state index in [0.29, 0.717) is 0 Å². The number of carbonyl (C=O) groups is 1. The summed E-state index contributed by atoms with van der Waals surface area (Å²) in [7, 11) is 0. The molecule has 0 amide bonds. The average Bonchev–Trinajstić information content (AvgIpc) is 2.29. The van der Waals surface area contributed by atoms with Gasteiger partial charge < -0.3 is 4.74 Å². The van der Waals surface area contributed by atoms with Gasteiger partial charge in [0.2, 0.25) is 0 Å². The van der Waals surface area contributed by atoms with Crippen molar-refractivity contribution in [3.8, 4) is 6.07 Å². The van der Waals surface area contributed by atoms with Crippen molar-refractivity contribution in [1.82, 2.24) is 4.98 Å². The first-order valence-electron chi connectivity index (χ1n) is 4.92. The van der Waals surface area contributed by atoms with Gasteiger partial charge in [-0.1, -0.05) is 6.07 Å². The normalized spacial score (nSPS) is 10.1. The molecule has 1 aromatic heterocycles. The summed E-state index contributed by atoms with van der Waals surface area (Å²) in [6, 6.07) is 4.26. The van der Waals surface area contributed by atoms with E-state index in [1.165, 1.54) is 12.1 Å². The molecule has 1 rings (SSSR count). The van der Waals surface area contributed by atoms with Crippen LogP contribution in [-0.4, -0.2) is 17.6 Å². The van der Waals surface area contributed by atoms with Gasteiger partial charge in [0.05, 0.1) is 13.0 Å². The van der Waals surface area contributed by atoms with E-state index < -0.39 is 18.1 Å². The molecule has 0 fully saturated rings. The predicted octanol–water partition coefficient (Wildman–Crippen LogP) is 2.00. The molecular formula is C11H10F2N2O2. The third-order valence-corrected chi connectivity index (χ3v) is 1.97. The third-order valence-electron chi connectivity index (χ3n) is 1.97. The first kappa shape index (κ1) is 13.0. The fourth-order valence-corrected chi connectivity index (χ4v) is 1.27. The van der Waals surface area contributed by atoms with Gasteiger partial charge in [-0.05, 0) is 18.6 Å². The van der Waals surface area contributed by atoms with Gasteiger partial charge in [-0.3, -0.25) is 4.79 Å². The summed E-state index contributed by atoms with van der Waals surface area (Å²) < 4.78 is 30.0. The van der Waals surface area contributed by atoms with E-state index >= 15 is 0 Å². The van der Waals surface area contributed by atoms with Crippen molar-refractivity contribution in [1.29, 1.82) is 5.26 Å². The standard InChI is InChI=1S/C11H10F2N2O2/c1-2-17-9(16)5-7-3-4-8(6-14)15-10(7)11(12)13/h3-4,11H,2,5H2,1H3. The molecule has 0 unspecified atom stereocenters. The molecule has 0 spiro atoms. The van der Waals surface area contributed by atoms with Crippen molar-refractivity contribution in [3.05, 3.63) is 29.1 Å². The highest BCUT2D eigenvalue weighted by Crippen LogP contribution is 2.21. The maximum absolute atomic E-state index is 12.7. The van der Waals surface area contributed by atoms with Crippen LogP contribution in [0.5, 0.6) is 0 Å². The number of halogens is 2. The van der Waals surface area contributed by atoms with Crippen molar-refractivity contribution >= 4 is 5.97 Å². The molecule has 0 saturated heterocycles. The number of nitrogens with zero attached hydrogens (tertiary/aromatic N) is 2. The molecule has 0 aliphatic rings. The number of hydrogen-bond donors (Lipinski definition) is 0. The van der Waals surface area contributed by atoms with Crippen molar-refractivity contribution in [2.45, 2.75) is 19.8 Å². The first-order valence-corrected chi connectivity index (χ1v) is 4.92. The number of hydrogen-bond acceptors (Lipinski definition) is 4. The second-order valence-electron chi connectivity index (χ2n) is 3.14. The van der Waals surface area contributed by atoms with E-state index in [2.05, 4.69) is 9.72 Å². The van der Waals surface area contributed by atoms with Gasteiger partial charge in [0, 0.05) is 0 Å². The molecule has 1 aromatic rings. The quantitative estimate of drug-likeness (QED) is 0.755. The van der Waals surface area contributed by atoms with Gasteiger partial charge in [0.1, 0.15) is 17.5 Å². The largest absolute Gasteiger partial charge is 0.466 e. The summed E-state index contributed by atoms with van der Waals surface area (Å²) >= 11 is 0. The summed E-state index contributed by atoms with van der Waals surface area (Å²) in [5.74, 6) is -0.596. The first-order chi connectivity index (χ1) is 8.08. The lowest BCUT2D eigenvalue weighted by molar-refractivity contribution is -0.142. The molecule has 0 bridgehead atoms. The molecule has 90 valence electrons. The van der Waals surface area contributed by atoms with E-state index in [9.17, 15) is 13.6 Å². The van der Waals surface area contributed by atoms with E-state index in [1.807, 2.05) is 0 Å². The number of pyridine rings is 1. The Morgan fingerprint density at radius 3 is 2.82 bits per heavy atom. The molecule has 1 heterocycles. The highest BCUT2D eigenvalue weighted by molar-refractivity contribution is 5.72. The predicted molar refractivity (Wildman–Crippen MR) is 54.2 cm³/mol. The number of aromatic nitrogens is 1. The summed E-state index contributed by atoms with van der Waals surface area (Å²) in [6.07, 6.45) is -3.10. The van der Waals surface area contributed by atoms with E-state index in [0.717, 1.165) is 0 Å². The molecule has 0 atom stereocenters. The van der Waals surface area contributed by atoms with Gasteiger partial charge in [-0.2, -0.15) is 5.26 Å². The number of nitriles is 1. The molecule has 17 heavy (non-hydrogen) atoms. The molecule has 4 nitrogen and oxygen atoms in total. The zero-order valence-electron chi connectivity index (χ0n) is 9.11. The fourth-order valence-electron chi connectivity index (χ4n) is 1.27. The lowest BCUT2D eigenvalue weighted by Crippen LogP contribution is -2.11. The van der Waals surface area contributed by atoms with Crippen LogP contribution in [0.25, 0.3) is 0 Å². The zero-order valence-corrected chi connectivity index (χ0v) is 9.11. The van der Waals surface area contributed by atoms with Crippen molar-refractivity contribution in [3.63, 3.8) is 0 Å². The van der Waals surface area contributed by atoms with E-state index in [4.69, 9.17) is 5.26 Å². The maximum Gasteiger partial charge on any atom is 0.310 e. The number of esters is 1. The van der Waals surface area contributed by atoms with E-state index in [-0.39, 0.29) is 24.3 Å². The van der Waals surface area contributed by atoms with Gasteiger partial charge in [-0.25, -0.2) is 13.8 Å². The van der Waals surface area contributed by atoms with Gasteiger partial charge in [-0.15, -0.1) is 0 Å². The maximum atomic E-state index is 12.7. The second kappa shape index (κ2) is 5.89. The Morgan fingerprint density at radius 2 is 2.29 bits per heavy atom. The van der Waals surface area contributed by atoms with E-state index in [1.54, 1.807) is 13.0 Å². The Kier molecular flexibility index (Phi) is 4.52. The van der Waals surface area contributed by atoms with Crippen molar-refractivity contribution < 1.29 is 18.3 Å². The SMILES string of the molecule is CCOC(=O)Cc1ccc(C#N)nc1C(F)F. The number of alkyl halides is 2. The van der Waals surface area contributed by atoms with Crippen LogP contribution in [0.3, 0.4) is 0 Å². The molecule has 0 saturated carbocycles. The van der Waals surface area contributed by atoms with Gasteiger partial charge in [0.15, 0.2) is 0 Å². The van der Waals surface area contributed by atoms with Crippen LogP contribution in [0.15, 0.2) is 12.1 Å². The van der Waals surface area contributed by atoms with Crippen LogP contribution < -0.4 is 0 Å². The lowest BCUT2D eigenvalue weighted by atomic mass is 10.1. The minimum Gasteiger partial charge on any atom is -0.466 e. The highest BCUT2D eigenvalue weighted by atomic mass is 19.3. The second-order valence-corrected chi connectivity index (χ2v) is 3.14. The molecule has 0 N–H and O–H groups in total. The highest BCUT2D eigenvalue weighted by Gasteiger charge is 2.18. The van der Waals surface area contributed by atoms with Crippen LogP contribution in [0, 0.1) is 11.3 Å². The van der Waals surface area contributed by atoms with Gasteiger partial charge >= 0.3 is 5.97 Å². The molecule has 0 radical (unpaired) electrons. The van der Waals surface area contributed by atoms with Gasteiger partial charge in [0.25, 0.3) is 6.43 Å². The fraction of sp³-hybridized carbons (Fsp3) is 0.364. The summed E-state index contributed by atoms with van der Waals surface area (Å²) in [4.78, 5) is 14.7. The summed E-state index contributed by atoms with van der Waals surface area (Å²) in [5.41, 5.74) is -0.567. The Morgan fingerprint density at radius 1 is 1.59 bits per heavy atom. The summed E-state index contributed by atoms with van der Waals surface area (Å²) in [6.45, 7) is 1.81. The molecule has 6 heteroatoms. The zero-order chi connectivity index (χ0) is 12.8. The Hall–Kier alpha value is -2.03. The number of rotatable bonds is 4. The van der Waals surface area contributed by atoms with Crippen molar-refractivity contribution in [2.75, 3.05) is 6.61 Å². The number of carbonyl (C=O) groups excluding carboxylic acids is 1. The molecule has 0 aliphatic heterocycles. The van der Waals surface area contributed by atoms with Crippen molar-refractivity contribution in [2.24, 2.45) is 0 Å². The van der Waals surface area contributed by atoms with Crippen LogP contribution in [-0.2, 0) is 16.0 Å². The Labute approximate surface area is 96.8 Å². The minimum absolute atomic E-state index is 0.0810. The van der Waals surface area contributed by atoms with Crippen LogP contribution in [0.2, 0.25) is 0 Å². The summed E-state index contributed by atoms with van der Waals surface area (Å²) in [5, 5.41) is 8.55. The Balaban J connectivity index is 2.99. The molecule has 0 aromatic carbocycles. The third kappa shape index (κ3) is 3.48. The van der Waals surface area contributed by atoms with Crippen LogP contribution in [0.4, 0.5) is 8.78 Å². The lowest BCUT2D eigenvalue weighted by Gasteiger charge is -2.07. The average molecular weight is 240 g/mol. The number of ether oxygens (including phenoxy) is 1. The van der Waals surface area contributed by atoms with Crippen LogP contribution in [0.1, 0.15) is 30.3 Å². The molecular weight excluding hydrogens is 230 g/mol. The monoisotopic (exact) mass is 240 g/mol.